The molecule has 7 nitrogen and oxygen atoms in total. The highest BCUT2D eigenvalue weighted by Gasteiger charge is 2.34. The summed E-state index contributed by atoms with van der Waals surface area (Å²) < 4.78 is 5.23. The fourth-order valence-corrected chi connectivity index (χ4v) is 3.89. The average molecular weight is 377 g/mol. The van der Waals surface area contributed by atoms with E-state index < -0.39 is 0 Å². The van der Waals surface area contributed by atoms with Gasteiger partial charge in [0.05, 0.1) is 17.4 Å². The Morgan fingerprint density at radius 1 is 1.18 bits per heavy atom. The van der Waals surface area contributed by atoms with Gasteiger partial charge in [0.25, 0.3) is 5.91 Å². The Kier molecular flexibility index (Phi) is 4.90. The molecule has 1 atom stereocenters. The van der Waals surface area contributed by atoms with Crippen LogP contribution in [0.15, 0.2) is 35.2 Å². The molecule has 1 aliphatic heterocycles. The van der Waals surface area contributed by atoms with Crippen molar-refractivity contribution >= 4 is 5.91 Å². The molecule has 144 valence electrons. The molecule has 28 heavy (non-hydrogen) atoms. The first-order chi connectivity index (χ1) is 13.6. The highest BCUT2D eigenvalue weighted by atomic mass is 16.5. The van der Waals surface area contributed by atoms with Crippen LogP contribution in [-0.4, -0.2) is 37.5 Å². The lowest BCUT2D eigenvalue weighted by Crippen LogP contribution is -2.39. The van der Waals surface area contributed by atoms with Crippen molar-refractivity contribution in [3.63, 3.8) is 0 Å². The minimum Gasteiger partial charge on any atom is -0.361 e. The molecule has 4 rings (SSSR count). The largest absolute Gasteiger partial charge is 0.361 e. The first-order valence-corrected chi connectivity index (χ1v) is 9.54. The highest BCUT2D eigenvalue weighted by Crippen LogP contribution is 2.36. The SMILES string of the molecule is Cc1ncc(-c2ccncc2)c([C@@H]2CCCCN2C(=O)c2c(C)noc2C)n1. The number of rotatable bonds is 3. The molecule has 0 aliphatic carbocycles. The van der Waals surface area contributed by atoms with Gasteiger partial charge in [-0.05, 0) is 57.7 Å². The average Bonchev–Trinajstić information content (AvgIpc) is 3.06. The molecule has 1 amide bonds. The number of piperidine rings is 1. The maximum Gasteiger partial charge on any atom is 0.259 e. The van der Waals surface area contributed by atoms with Crippen molar-refractivity contribution in [3.05, 3.63) is 59.3 Å². The molecule has 0 saturated carbocycles. The normalized spacial score (nSPS) is 17.0. The van der Waals surface area contributed by atoms with Crippen LogP contribution in [0.4, 0.5) is 0 Å². The van der Waals surface area contributed by atoms with E-state index in [1.54, 1.807) is 26.2 Å². The summed E-state index contributed by atoms with van der Waals surface area (Å²) in [7, 11) is 0. The third-order valence-corrected chi connectivity index (χ3v) is 5.26. The molecule has 0 N–H and O–H groups in total. The van der Waals surface area contributed by atoms with Crippen LogP contribution in [0.5, 0.6) is 0 Å². The van der Waals surface area contributed by atoms with E-state index in [4.69, 9.17) is 9.51 Å². The number of carbonyl (C=O) groups is 1. The molecule has 0 aromatic carbocycles. The van der Waals surface area contributed by atoms with E-state index >= 15 is 0 Å². The quantitative estimate of drug-likeness (QED) is 0.690. The number of likely N-dealkylation sites (tertiary alicyclic amines) is 1. The van der Waals surface area contributed by atoms with Gasteiger partial charge in [0.1, 0.15) is 17.1 Å². The molecular formula is C21H23N5O2. The lowest BCUT2D eigenvalue weighted by Gasteiger charge is -2.36. The first kappa shape index (κ1) is 18.3. The number of aryl methyl sites for hydroxylation is 3. The standard InChI is InChI=1S/C21H23N5O2/c1-13-19(14(2)28-25-13)21(27)26-11-5-4-6-18(26)20-17(12-23-15(3)24-20)16-7-9-22-10-8-16/h7-10,12,18H,4-6,11H2,1-3H3/t18-/m0/s1. The third kappa shape index (κ3) is 3.28. The van der Waals surface area contributed by atoms with E-state index in [-0.39, 0.29) is 11.9 Å². The second-order valence-electron chi connectivity index (χ2n) is 7.16. The predicted molar refractivity (Wildman–Crippen MR) is 104 cm³/mol. The molecule has 7 heteroatoms. The molecule has 4 heterocycles. The van der Waals surface area contributed by atoms with E-state index in [1.807, 2.05) is 30.2 Å². The highest BCUT2D eigenvalue weighted by molar-refractivity contribution is 5.96. The summed E-state index contributed by atoms with van der Waals surface area (Å²) in [6.07, 6.45) is 8.25. The molecule has 0 spiro atoms. The summed E-state index contributed by atoms with van der Waals surface area (Å²) in [5.41, 5.74) is 4.01. The second-order valence-corrected chi connectivity index (χ2v) is 7.16. The summed E-state index contributed by atoms with van der Waals surface area (Å²) in [5, 5.41) is 3.95. The van der Waals surface area contributed by atoms with E-state index in [9.17, 15) is 4.79 Å². The van der Waals surface area contributed by atoms with Crippen LogP contribution < -0.4 is 0 Å². The van der Waals surface area contributed by atoms with Gasteiger partial charge in [0.15, 0.2) is 0 Å². The Morgan fingerprint density at radius 3 is 2.68 bits per heavy atom. The van der Waals surface area contributed by atoms with Crippen LogP contribution in [-0.2, 0) is 0 Å². The number of pyridine rings is 1. The molecule has 3 aromatic rings. The Labute approximate surface area is 163 Å². The van der Waals surface area contributed by atoms with Gasteiger partial charge in [-0.1, -0.05) is 5.16 Å². The smallest absolute Gasteiger partial charge is 0.259 e. The number of amides is 1. The minimum atomic E-state index is -0.111. The molecule has 3 aromatic heterocycles. The number of hydrogen-bond acceptors (Lipinski definition) is 6. The van der Waals surface area contributed by atoms with E-state index in [1.165, 1.54) is 0 Å². The van der Waals surface area contributed by atoms with Gasteiger partial charge in [-0.15, -0.1) is 0 Å². The van der Waals surface area contributed by atoms with Crippen LogP contribution >= 0.6 is 0 Å². The van der Waals surface area contributed by atoms with Gasteiger partial charge in [0.2, 0.25) is 0 Å². The van der Waals surface area contributed by atoms with Gasteiger partial charge in [-0.3, -0.25) is 9.78 Å². The van der Waals surface area contributed by atoms with Gasteiger partial charge in [0, 0.05) is 30.7 Å². The molecule has 1 aliphatic rings. The molecular weight excluding hydrogens is 354 g/mol. The maximum atomic E-state index is 13.4. The van der Waals surface area contributed by atoms with Crippen molar-refractivity contribution in [2.75, 3.05) is 6.54 Å². The minimum absolute atomic E-state index is 0.0436. The van der Waals surface area contributed by atoms with Crippen molar-refractivity contribution in [1.29, 1.82) is 0 Å². The third-order valence-electron chi connectivity index (χ3n) is 5.26. The number of aromatic nitrogens is 4. The summed E-state index contributed by atoms with van der Waals surface area (Å²) in [5.74, 6) is 1.21. The summed E-state index contributed by atoms with van der Waals surface area (Å²) in [4.78, 5) is 28.6. The summed E-state index contributed by atoms with van der Waals surface area (Å²) in [6.45, 7) is 6.15. The Balaban J connectivity index is 1.79. The van der Waals surface area contributed by atoms with Crippen molar-refractivity contribution in [2.45, 2.75) is 46.1 Å². The Hall–Kier alpha value is -3.09. The number of nitrogens with zero attached hydrogens (tertiary/aromatic N) is 5. The molecule has 0 radical (unpaired) electrons. The second kappa shape index (κ2) is 7.50. The Morgan fingerprint density at radius 2 is 1.96 bits per heavy atom. The zero-order chi connectivity index (χ0) is 19.7. The zero-order valence-electron chi connectivity index (χ0n) is 16.3. The van der Waals surface area contributed by atoms with Crippen LogP contribution in [0.25, 0.3) is 11.1 Å². The van der Waals surface area contributed by atoms with E-state index in [0.29, 0.717) is 29.4 Å². The van der Waals surface area contributed by atoms with E-state index in [2.05, 4.69) is 15.1 Å². The van der Waals surface area contributed by atoms with Crippen molar-refractivity contribution < 1.29 is 9.32 Å². The lowest BCUT2D eigenvalue weighted by atomic mass is 9.93. The van der Waals surface area contributed by atoms with Crippen LogP contribution in [0.3, 0.4) is 0 Å². The monoisotopic (exact) mass is 377 g/mol. The van der Waals surface area contributed by atoms with Crippen LogP contribution in [0, 0.1) is 20.8 Å². The predicted octanol–water partition coefficient (Wildman–Crippen LogP) is 3.82. The van der Waals surface area contributed by atoms with Gasteiger partial charge in [-0.2, -0.15) is 0 Å². The van der Waals surface area contributed by atoms with Gasteiger partial charge in [-0.25, -0.2) is 9.97 Å². The topological polar surface area (TPSA) is 85.0 Å². The van der Waals surface area contributed by atoms with Gasteiger partial charge >= 0.3 is 0 Å². The van der Waals surface area contributed by atoms with Crippen molar-refractivity contribution in [1.82, 2.24) is 25.0 Å². The molecule has 1 fully saturated rings. The fourth-order valence-electron chi connectivity index (χ4n) is 3.89. The lowest BCUT2D eigenvalue weighted by molar-refractivity contribution is 0.0604. The number of carbonyl (C=O) groups excluding carboxylic acids is 1. The Bertz CT molecular complexity index is 980. The molecule has 0 bridgehead atoms. The fraction of sp³-hybridized carbons (Fsp3) is 0.381. The molecule has 1 saturated heterocycles. The van der Waals surface area contributed by atoms with E-state index in [0.717, 1.165) is 36.1 Å². The summed E-state index contributed by atoms with van der Waals surface area (Å²) >= 11 is 0. The van der Waals surface area contributed by atoms with Crippen LogP contribution in [0.1, 0.15) is 58.6 Å². The molecule has 0 unspecified atom stereocenters. The van der Waals surface area contributed by atoms with Crippen molar-refractivity contribution in [3.8, 4) is 11.1 Å². The van der Waals surface area contributed by atoms with Gasteiger partial charge < -0.3 is 9.42 Å². The first-order valence-electron chi connectivity index (χ1n) is 9.54. The number of hydrogen-bond donors (Lipinski definition) is 0. The maximum absolute atomic E-state index is 13.4. The van der Waals surface area contributed by atoms with Crippen LogP contribution in [0.2, 0.25) is 0 Å². The zero-order valence-corrected chi connectivity index (χ0v) is 16.3. The summed E-state index contributed by atoms with van der Waals surface area (Å²) in [6, 6.07) is 3.78. The van der Waals surface area contributed by atoms with Crippen molar-refractivity contribution in [2.24, 2.45) is 0 Å².